The number of urea groups is 1. The summed E-state index contributed by atoms with van der Waals surface area (Å²) in [6, 6.07) is 2.25. The van der Waals surface area contributed by atoms with Crippen LogP contribution in [0.5, 0.6) is 11.5 Å². The number of hydrazine groups is 1. The molecule has 2 N–H and O–H groups in total. The van der Waals surface area contributed by atoms with E-state index in [0.29, 0.717) is 30.9 Å². The van der Waals surface area contributed by atoms with E-state index in [4.69, 9.17) is 21.1 Å². The van der Waals surface area contributed by atoms with Crippen LogP contribution in [0.3, 0.4) is 0 Å². The zero-order chi connectivity index (χ0) is 20.3. The summed E-state index contributed by atoms with van der Waals surface area (Å²) in [4.78, 5) is 37.7. The van der Waals surface area contributed by atoms with Crippen molar-refractivity contribution in [1.29, 1.82) is 0 Å². The molecule has 1 saturated carbocycles. The van der Waals surface area contributed by atoms with Gasteiger partial charge >= 0.3 is 6.03 Å². The van der Waals surface area contributed by atoms with Crippen molar-refractivity contribution in [2.75, 3.05) is 13.7 Å². The number of nitrogens with zero attached hydrogens (tertiary/aromatic N) is 1. The molecule has 9 heteroatoms. The lowest BCUT2D eigenvalue weighted by atomic mass is 9.82. The second kappa shape index (κ2) is 8.26. The van der Waals surface area contributed by atoms with Crippen molar-refractivity contribution >= 4 is 29.4 Å². The lowest BCUT2D eigenvalue weighted by Crippen LogP contribution is -2.50. The zero-order valence-corrected chi connectivity index (χ0v) is 16.7. The molecule has 8 nitrogen and oxygen atoms in total. The van der Waals surface area contributed by atoms with Gasteiger partial charge in [0.15, 0.2) is 11.5 Å². The van der Waals surface area contributed by atoms with Gasteiger partial charge in [-0.1, -0.05) is 37.8 Å². The first-order chi connectivity index (χ1) is 13.4. The molecule has 3 rings (SSSR count). The van der Waals surface area contributed by atoms with Gasteiger partial charge in [-0.15, -0.1) is 0 Å². The van der Waals surface area contributed by atoms with Gasteiger partial charge in [0.05, 0.1) is 18.7 Å². The minimum absolute atomic E-state index is 0.149. The standard InChI is InChI=1S/C19H24ClN3O5/c1-3-9-28-15-13(20)10-12(11-14(15)27-2)16(24)22-23-17(25)19(21-18(23)26)7-5-4-6-8-19/h10-11H,3-9H2,1-2H3,(H,21,26)(H,22,24). The molecule has 1 aromatic rings. The Kier molecular flexibility index (Phi) is 5.98. The van der Waals surface area contributed by atoms with Crippen LogP contribution in [0.15, 0.2) is 12.1 Å². The van der Waals surface area contributed by atoms with Crippen molar-refractivity contribution in [3.8, 4) is 11.5 Å². The number of amides is 4. The maximum Gasteiger partial charge on any atom is 0.344 e. The normalized spacial score (nSPS) is 18.2. The van der Waals surface area contributed by atoms with E-state index in [1.807, 2.05) is 6.92 Å². The van der Waals surface area contributed by atoms with Gasteiger partial charge in [0.2, 0.25) is 0 Å². The van der Waals surface area contributed by atoms with Gasteiger partial charge < -0.3 is 14.8 Å². The van der Waals surface area contributed by atoms with Gasteiger partial charge in [-0.05, 0) is 31.4 Å². The molecule has 1 aliphatic heterocycles. The minimum Gasteiger partial charge on any atom is -0.493 e. The predicted molar refractivity (Wildman–Crippen MR) is 102 cm³/mol. The maximum absolute atomic E-state index is 12.8. The number of hydrogen-bond donors (Lipinski definition) is 2. The summed E-state index contributed by atoms with van der Waals surface area (Å²) in [5.74, 6) is -0.420. The second-order valence-corrected chi connectivity index (χ2v) is 7.40. The zero-order valence-electron chi connectivity index (χ0n) is 16.0. The number of hydrogen-bond acceptors (Lipinski definition) is 5. The number of nitrogens with one attached hydrogen (secondary N) is 2. The number of imide groups is 1. The second-order valence-electron chi connectivity index (χ2n) is 6.99. The first-order valence-electron chi connectivity index (χ1n) is 9.40. The van der Waals surface area contributed by atoms with Crippen molar-refractivity contribution < 1.29 is 23.9 Å². The lowest BCUT2D eigenvalue weighted by Gasteiger charge is -2.30. The minimum atomic E-state index is -0.907. The third-order valence-electron chi connectivity index (χ3n) is 5.02. The van der Waals surface area contributed by atoms with Crippen LogP contribution in [-0.2, 0) is 4.79 Å². The molecule has 1 saturated heterocycles. The molecule has 28 heavy (non-hydrogen) atoms. The number of carbonyl (C=O) groups is 3. The lowest BCUT2D eigenvalue weighted by molar-refractivity contribution is -0.134. The van der Waals surface area contributed by atoms with E-state index in [-0.39, 0.29) is 10.6 Å². The van der Waals surface area contributed by atoms with Gasteiger partial charge in [-0.2, -0.15) is 5.01 Å². The molecule has 0 aromatic heterocycles. The first-order valence-corrected chi connectivity index (χ1v) is 9.77. The fourth-order valence-corrected chi connectivity index (χ4v) is 3.84. The van der Waals surface area contributed by atoms with Crippen molar-refractivity contribution in [2.45, 2.75) is 51.0 Å². The van der Waals surface area contributed by atoms with Gasteiger partial charge in [0.25, 0.3) is 11.8 Å². The van der Waals surface area contributed by atoms with E-state index >= 15 is 0 Å². The van der Waals surface area contributed by atoms with E-state index in [1.165, 1.54) is 19.2 Å². The Balaban J connectivity index is 1.78. The number of halogens is 1. The Hall–Kier alpha value is -2.48. The van der Waals surface area contributed by atoms with Crippen LogP contribution in [-0.4, -0.2) is 42.1 Å². The van der Waals surface area contributed by atoms with E-state index in [1.54, 1.807) is 0 Å². The summed E-state index contributed by atoms with van der Waals surface area (Å²) < 4.78 is 10.8. The van der Waals surface area contributed by atoms with E-state index < -0.39 is 23.4 Å². The number of methoxy groups -OCH3 is 1. The number of ether oxygens (including phenoxy) is 2. The quantitative estimate of drug-likeness (QED) is 0.704. The fourth-order valence-electron chi connectivity index (χ4n) is 3.58. The average molecular weight is 410 g/mol. The van der Waals surface area contributed by atoms with Crippen LogP contribution < -0.4 is 20.2 Å². The molecule has 0 atom stereocenters. The summed E-state index contributed by atoms with van der Waals surface area (Å²) in [5, 5.41) is 3.71. The molecular weight excluding hydrogens is 386 g/mol. The monoisotopic (exact) mass is 409 g/mol. The highest BCUT2D eigenvalue weighted by molar-refractivity contribution is 6.32. The van der Waals surface area contributed by atoms with E-state index in [0.717, 1.165) is 30.7 Å². The van der Waals surface area contributed by atoms with Crippen LogP contribution in [0.4, 0.5) is 4.79 Å². The Morgan fingerprint density at radius 3 is 2.64 bits per heavy atom. The molecule has 1 heterocycles. The Bertz CT molecular complexity index is 792. The van der Waals surface area contributed by atoms with E-state index in [9.17, 15) is 14.4 Å². The third-order valence-corrected chi connectivity index (χ3v) is 5.31. The molecule has 2 fully saturated rings. The number of rotatable bonds is 6. The Morgan fingerprint density at radius 2 is 2.00 bits per heavy atom. The Labute approximate surface area is 168 Å². The van der Waals surface area contributed by atoms with Gasteiger partial charge in [-0.3, -0.25) is 15.0 Å². The van der Waals surface area contributed by atoms with Crippen molar-refractivity contribution in [3.05, 3.63) is 22.7 Å². The summed E-state index contributed by atoms with van der Waals surface area (Å²) in [5.41, 5.74) is 1.63. The first kappa shape index (κ1) is 20.3. The molecule has 2 aliphatic rings. The smallest absolute Gasteiger partial charge is 0.344 e. The molecule has 1 aromatic carbocycles. The van der Waals surface area contributed by atoms with Crippen LogP contribution in [0.1, 0.15) is 55.8 Å². The van der Waals surface area contributed by atoms with Crippen molar-refractivity contribution in [2.24, 2.45) is 0 Å². The van der Waals surface area contributed by atoms with E-state index in [2.05, 4.69) is 10.7 Å². The number of benzene rings is 1. The molecule has 0 unspecified atom stereocenters. The SMILES string of the molecule is CCCOc1c(Cl)cc(C(=O)NN2C(=O)NC3(CCCCC3)C2=O)cc1OC. The summed E-state index contributed by atoms with van der Waals surface area (Å²) in [7, 11) is 1.44. The highest BCUT2D eigenvalue weighted by atomic mass is 35.5. The van der Waals surface area contributed by atoms with Gasteiger partial charge in [-0.25, -0.2) is 4.79 Å². The highest BCUT2D eigenvalue weighted by Gasteiger charge is 2.52. The fraction of sp³-hybridized carbons (Fsp3) is 0.526. The average Bonchev–Trinajstić information content (AvgIpc) is 2.90. The highest BCUT2D eigenvalue weighted by Crippen LogP contribution is 2.37. The van der Waals surface area contributed by atoms with Crippen LogP contribution in [0, 0.1) is 0 Å². The largest absolute Gasteiger partial charge is 0.493 e. The molecule has 4 amide bonds. The van der Waals surface area contributed by atoms with Crippen LogP contribution >= 0.6 is 11.6 Å². The Morgan fingerprint density at radius 1 is 1.29 bits per heavy atom. The number of carbonyl (C=O) groups excluding carboxylic acids is 3. The molecule has 1 aliphatic carbocycles. The van der Waals surface area contributed by atoms with Gasteiger partial charge in [0, 0.05) is 5.56 Å². The molecular formula is C19H24ClN3O5. The summed E-state index contributed by atoms with van der Waals surface area (Å²) in [6.07, 6.45) is 4.69. The molecule has 0 radical (unpaired) electrons. The molecule has 0 bridgehead atoms. The topological polar surface area (TPSA) is 97.0 Å². The van der Waals surface area contributed by atoms with Gasteiger partial charge in [0.1, 0.15) is 5.54 Å². The molecule has 152 valence electrons. The summed E-state index contributed by atoms with van der Waals surface area (Å²) in [6.45, 7) is 2.41. The van der Waals surface area contributed by atoms with Crippen LogP contribution in [0.2, 0.25) is 5.02 Å². The molecule has 1 spiro atoms. The third kappa shape index (κ3) is 3.73. The predicted octanol–water partition coefficient (Wildman–Crippen LogP) is 3.04. The maximum atomic E-state index is 12.8. The van der Waals surface area contributed by atoms with Crippen LogP contribution in [0.25, 0.3) is 0 Å². The van der Waals surface area contributed by atoms with Crippen molar-refractivity contribution in [1.82, 2.24) is 15.8 Å². The van der Waals surface area contributed by atoms with Crippen molar-refractivity contribution in [3.63, 3.8) is 0 Å². The summed E-state index contributed by atoms with van der Waals surface area (Å²) >= 11 is 6.24.